The highest BCUT2D eigenvalue weighted by atomic mass is 16.5. The molecule has 0 aliphatic carbocycles. The molecule has 3 aromatic rings. The molecule has 6 nitrogen and oxygen atoms in total. The molecule has 2 amide bonds. The van der Waals surface area contributed by atoms with Gasteiger partial charge in [-0.15, -0.1) is 0 Å². The Hall–Kier alpha value is -3.41. The van der Waals surface area contributed by atoms with Gasteiger partial charge < -0.3 is 24.8 Å². The highest BCUT2D eigenvalue weighted by Gasteiger charge is 2.42. The summed E-state index contributed by atoms with van der Waals surface area (Å²) in [4.78, 5) is 14.7. The molecule has 2 N–H and O–H groups in total. The number of likely N-dealkylation sites (tertiary alicyclic amines) is 1. The minimum atomic E-state index is -0.145. The predicted molar refractivity (Wildman–Crippen MR) is 122 cm³/mol. The summed E-state index contributed by atoms with van der Waals surface area (Å²) in [6.07, 6.45) is 3.88. The summed E-state index contributed by atoms with van der Waals surface area (Å²) in [6.45, 7) is 4.03. The first-order chi connectivity index (χ1) is 15.1. The second-order valence-corrected chi connectivity index (χ2v) is 8.49. The van der Waals surface area contributed by atoms with E-state index in [9.17, 15) is 4.79 Å². The molecule has 2 aliphatic rings. The molecule has 3 heterocycles. The average molecular weight is 417 g/mol. The number of hydrogen-bond donors (Lipinski definition) is 2. The van der Waals surface area contributed by atoms with Crippen molar-refractivity contribution in [2.24, 2.45) is 0 Å². The summed E-state index contributed by atoms with van der Waals surface area (Å²) in [5.74, 6) is 0.800. The fourth-order valence-corrected chi connectivity index (χ4v) is 4.81. The molecule has 160 valence electrons. The molecule has 2 aliphatic heterocycles. The number of carbonyl (C=O) groups excluding carboxylic acids is 1. The van der Waals surface area contributed by atoms with Crippen molar-refractivity contribution in [3.05, 3.63) is 77.6 Å². The number of nitrogens with one attached hydrogen (secondary N) is 2. The number of amides is 2. The number of benzene rings is 2. The van der Waals surface area contributed by atoms with Gasteiger partial charge in [-0.3, -0.25) is 0 Å². The van der Waals surface area contributed by atoms with Crippen molar-refractivity contribution in [3.8, 4) is 11.4 Å². The van der Waals surface area contributed by atoms with Crippen molar-refractivity contribution in [3.63, 3.8) is 0 Å². The van der Waals surface area contributed by atoms with Gasteiger partial charge in [-0.2, -0.15) is 0 Å². The van der Waals surface area contributed by atoms with E-state index >= 15 is 0 Å². The first-order valence-corrected chi connectivity index (χ1v) is 10.8. The molecule has 1 fully saturated rings. The normalized spacial score (nSPS) is 16.3. The minimum Gasteiger partial charge on any atom is -0.497 e. The van der Waals surface area contributed by atoms with Crippen molar-refractivity contribution in [2.75, 3.05) is 25.5 Å². The number of ether oxygens (including phenoxy) is 1. The molecule has 31 heavy (non-hydrogen) atoms. The van der Waals surface area contributed by atoms with Crippen LogP contribution in [0.3, 0.4) is 0 Å². The lowest BCUT2D eigenvalue weighted by Crippen LogP contribution is -2.52. The third kappa shape index (κ3) is 3.52. The Labute approximate surface area is 182 Å². The van der Waals surface area contributed by atoms with E-state index in [4.69, 9.17) is 4.74 Å². The van der Waals surface area contributed by atoms with Crippen molar-refractivity contribution >= 4 is 11.7 Å². The van der Waals surface area contributed by atoms with Gasteiger partial charge in [0.2, 0.25) is 0 Å². The Morgan fingerprint density at radius 2 is 1.97 bits per heavy atom. The first kappa shape index (κ1) is 19.5. The number of anilines is 1. The summed E-state index contributed by atoms with van der Waals surface area (Å²) in [5, 5.41) is 6.89. The molecule has 0 radical (unpaired) electrons. The monoisotopic (exact) mass is 416 g/mol. The maximum absolute atomic E-state index is 12.8. The molecule has 0 bridgehead atoms. The molecule has 1 aromatic heterocycles. The summed E-state index contributed by atoms with van der Waals surface area (Å²) in [6, 6.07) is 18.6. The van der Waals surface area contributed by atoms with Gasteiger partial charge in [-0.1, -0.05) is 18.2 Å². The van der Waals surface area contributed by atoms with Crippen LogP contribution in [0.15, 0.2) is 60.8 Å². The lowest BCUT2D eigenvalue weighted by Gasteiger charge is -2.46. The maximum Gasteiger partial charge on any atom is 0.317 e. The topological polar surface area (TPSA) is 58.5 Å². The van der Waals surface area contributed by atoms with Crippen LogP contribution in [0.25, 0.3) is 5.69 Å². The number of urea groups is 1. The Balaban J connectivity index is 1.27. The van der Waals surface area contributed by atoms with Gasteiger partial charge in [0, 0.05) is 31.5 Å². The fourth-order valence-electron chi connectivity index (χ4n) is 4.81. The predicted octanol–water partition coefficient (Wildman–Crippen LogP) is 4.42. The van der Waals surface area contributed by atoms with Crippen LogP contribution in [0.2, 0.25) is 0 Å². The standard InChI is InChI=1S/C25H28N4O2/c1-18-8-9-22-21(15-18)27-25(23-7-4-12-29(22)23)10-13-28(14-11-25)24(30)26-17-19-5-3-6-20(16-19)31-2/h3-9,12,15-16,27H,10-11,13-14,17H2,1-2H3,(H,26,30). The fraction of sp³-hybridized carbons (Fsp3) is 0.320. The van der Waals surface area contributed by atoms with E-state index in [0.717, 1.165) is 24.2 Å². The van der Waals surface area contributed by atoms with Crippen LogP contribution in [-0.2, 0) is 12.1 Å². The Morgan fingerprint density at radius 3 is 2.77 bits per heavy atom. The highest BCUT2D eigenvalue weighted by Crippen LogP contribution is 2.43. The average Bonchev–Trinajstić information content (AvgIpc) is 3.29. The van der Waals surface area contributed by atoms with Gasteiger partial charge in [0.15, 0.2) is 0 Å². The minimum absolute atomic E-state index is 0.0138. The number of aryl methyl sites for hydroxylation is 1. The number of fused-ring (bicyclic) bond motifs is 4. The lowest BCUT2D eigenvalue weighted by molar-refractivity contribution is 0.162. The Kier molecular flexibility index (Phi) is 4.85. The van der Waals surface area contributed by atoms with E-state index in [1.165, 1.54) is 22.6 Å². The van der Waals surface area contributed by atoms with Crippen LogP contribution < -0.4 is 15.4 Å². The molecule has 0 unspecified atom stereocenters. The van der Waals surface area contributed by atoms with E-state index in [0.29, 0.717) is 19.6 Å². The lowest BCUT2D eigenvalue weighted by atomic mass is 9.82. The van der Waals surface area contributed by atoms with Crippen molar-refractivity contribution < 1.29 is 9.53 Å². The Morgan fingerprint density at radius 1 is 1.13 bits per heavy atom. The third-order valence-electron chi connectivity index (χ3n) is 6.51. The highest BCUT2D eigenvalue weighted by molar-refractivity contribution is 5.74. The van der Waals surface area contributed by atoms with Crippen molar-refractivity contribution in [1.29, 1.82) is 0 Å². The molecule has 0 saturated carbocycles. The van der Waals surface area contributed by atoms with Gasteiger partial charge in [0.1, 0.15) is 5.75 Å². The van der Waals surface area contributed by atoms with E-state index < -0.39 is 0 Å². The van der Waals surface area contributed by atoms with Crippen LogP contribution in [-0.4, -0.2) is 35.7 Å². The van der Waals surface area contributed by atoms with Crippen molar-refractivity contribution in [2.45, 2.75) is 31.8 Å². The smallest absolute Gasteiger partial charge is 0.317 e. The largest absolute Gasteiger partial charge is 0.497 e. The zero-order chi connectivity index (χ0) is 21.4. The quantitative estimate of drug-likeness (QED) is 0.665. The van der Waals surface area contributed by atoms with Crippen molar-refractivity contribution in [1.82, 2.24) is 14.8 Å². The number of rotatable bonds is 3. The molecule has 1 spiro atoms. The van der Waals surface area contributed by atoms with Crippen LogP contribution >= 0.6 is 0 Å². The van der Waals surface area contributed by atoms with Gasteiger partial charge in [0.25, 0.3) is 0 Å². The number of hydrogen-bond acceptors (Lipinski definition) is 3. The van der Waals surface area contributed by atoms with Crippen LogP contribution in [0, 0.1) is 6.92 Å². The molecule has 5 rings (SSSR count). The van der Waals surface area contributed by atoms with Crippen LogP contribution in [0.1, 0.15) is 29.7 Å². The second kappa shape index (κ2) is 7.69. The maximum atomic E-state index is 12.8. The summed E-state index contributed by atoms with van der Waals surface area (Å²) in [5.41, 5.74) is 5.76. The molecular formula is C25H28N4O2. The summed E-state index contributed by atoms with van der Waals surface area (Å²) >= 11 is 0. The van der Waals surface area contributed by atoms with Crippen LogP contribution in [0.5, 0.6) is 5.75 Å². The van der Waals surface area contributed by atoms with Gasteiger partial charge in [-0.05, 0) is 67.3 Å². The zero-order valence-electron chi connectivity index (χ0n) is 18.0. The Bertz CT molecular complexity index is 1110. The molecule has 2 aromatic carbocycles. The third-order valence-corrected chi connectivity index (χ3v) is 6.51. The summed E-state index contributed by atoms with van der Waals surface area (Å²) in [7, 11) is 1.65. The number of methoxy groups -OCH3 is 1. The number of piperidine rings is 1. The van der Waals surface area contributed by atoms with Gasteiger partial charge in [-0.25, -0.2) is 4.79 Å². The van der Waals surface area contributed by atoms with E-state index in [1.54, 1.807) is 7.11 Å². The van der Waals surface area contributed by atoms with E-state index in [1.807, 2.05) is 29.2 Å². The second-order valence-electron chi connectivity index (χ2n) is 8.49. The molecule has 6 heteroatoms. The first-order valence-electron chi connectivity index (χ1n) is 10.8. The number of nitrogens with zero attached hydrogens (tertiary/aromatic N) is 2. The van der Waals surface area contributed by atoms with Gasteiger partial charge >= 0.3 is 6.03 Å². The zero-order valence-corrected chi connectivity index (χ0v) is 18.0. The van der Waals surface area contributed by atoms with E-state index in [-0.39, 0.29) is 11.6 Å². The SMILES string of the molecule is COc1cccc(CNC(=O)N2CCC3(CC2)Nc2cc(C)ccc2-n2cccc23)c1. The molecule has 1 saturated heterocycles. The van der Waals surface area contributed by atoms with Gasteiger partial charge in [0.05, 0.1) is 24.0 Å². The molecule has 0 atom stereocenters. The van der Waals surface area contributed by atoms with Crippen LogP contribution in [0.4, 0.5) is 10.5 Å². The van der Waals surface area contributed by atoms with E-state index in [2.05, 4.69) is 58.7 Å². The number of carbonyl (C=O) groups is 1. The summed E-state index contributed by atoms with van der Waals surface area (Å²) < 4.78 is 7.56. The molecular weight excluding hydrogens is 388 g/mol. The number of aromatic nitrogens is 1.